The van der Waals surface area contributed by atoms with Crippen LogP contribution in [-0.2, 0) is 19.6 Å². The molecule has 9 heteroatoms. The van der Waals surface area contributed by atoms with Crippen LogP contribution < -0.4 is 14.4 Å². The largest absolute Gasteiger partial charge is 0.476 e. The van der Waals surface area contributed by atoms with E-state index in [-0.39, 0.29) is 12.1 Å². The van der Waals surface area contributed by atoms with Crippen LogP contribution in [0.4, 0.5) is 11.4 Å². The smallest absolute Gasteiger partial charge is 0.337 e. The highest BCUT2D eigenvalue weighted by Crippen LogP contribution is 2.34. The van der Waals surface area contributed by atoms with Gasteiger partial charge < -0.3 is 14.8 Å². The molecular weight excluding hydrogens is 372 g/mol. The first-order chi connectivity index (χ1) is 12.8. The lowest BCUT2D eigenvalue weighted by molar-refractivity contribution is -0.122. The minimum atomic E-state index is -3.59. The summed E-state index contributed by atoms with van der Waals surface area (Å²) in [5.41, 5.74) is 1.04. The first-order valence-electron chi connectivity index (χ1n) is 8.02. The van der Waals surface area contributed by atoms with Crippen LogP contribution in [0.2, 0.25) is 0 Å². The number of carbonyl (C=O) groups is 2. The summed E-state index contributed by atoms with van der Waals surface area (Å²) in [6, 6.07) is 12.8. The van der Waals surface area contributed by atoms with Gasteiger partial charge in [-0.1, -0.05) is 18.2 Å². The van der Waals surface area contributed by atoms with Crippen molar-refractivity contribution in [1.29, 1.82) is 0 Å². The van der Waals surface area contributed by atoms with Gasteiger partial charge in [-0.2, -0.15) is 0 Å². The highest BCUT2D eigenvalue weighted by atomic mass is 32.2. The Morgan fingerprint density at radius 3 is 2.63 bits per heavy atom. The van der Waals surface area contributed by atoms with Gasteiger partial charge in [0, 0.05) is 5.69 Å². The monoisotopic (exact) mass is 390 g/mol. The van der Waals surface area contributed by atoms with Gasteiger partial charge in [0.2, 0.25) is 10.0 Å². The Balaban J connectivity index is 1.83. The molecule has 1 aliphatic heterocycles. The molecular formula is C18H18N2O6S. The molecule has 0 aromatic heterocycles. The molecule has 0 aliphatic carbocycles. The number of benzene rings is 2. The Morgan fingerprint density at radius 1 is 1.19 bits per heavy atom. The van der Waals surface area contributed by atoms with Gasteiger partial charge in [0.15, 0.2) is 6.10 Å². The van der Waals surface area contributed by atoms with Crippen molar-refractivity contribution in [3.63, 3.8) is 0 Å². The molecule has 0 fully saturated rings. The molecule has 0 unspecified atom stereocenters. The second-order valence-corrected chi connectivity index (χ2v) is 7.84. The number of amides is 1. The summed E-state index contributed by atoms with van der Waals surface area (Å²) in [7, 11) is -2.32. The quantitative estimate of drug-likeness (QED) is 0.797. The van der Waals surface area contributed by atoms with Gasteiger partial charge in [0.1, 0.15) is 5.75 Å². The van der Waals surface area contributed by atoms with Crippen molar-refractivity contribution in [2.75, 3.05) is 29.5 Å². The van der Waals surface area contributed by atoms with Gasteiger partial charge in [-0.3, -0.25) is 9.10 Å². The van der Waals surface area contributed by atoms with E-state index in [1.165, 1.54) is 13.2 Å². The van der Waals surface area contributed by atoms with Crippen molar-refractivity contribution < 1.29 is 27.5 Å². The summed E-state index contributed by atoms with van der Waals surface area (Å²) in [4.78, 5) is 24.2. The van der Waals surface area contributed by atoms with Crippen molar-refractivity contribution >= 4 is 33.3 Å². The van der Waals surface area contributed by atoms with E-state index < -0.39 is 28.0 Å². The standard InChI is InChI=1S/C18H18N2O6S/c1-25-18(22)12-6-5-7-13(10-12)19-17(21)16-11-20(27(2,23)24)14-8-3-4-9-15(14)26-16/h3-10,16H,11H2,1-2H3,(H,19,21)/t16-/m0/s1. The Kier molecular flexibility index (Phi) is 5.04. The molecule has 0 bridgehead atoms. The summed E-state index contributed by atoms with van der Waals surface area (Å²) >= 11 is 0. The lowest BCUT2D eigenvalue weighted by atomic mass is 10.2. The predicted octanol–water partition coefficient (Wildman–Crippen LogP) is 1.64. The number of hydrogen-bond acceptors (Lipinski definition) is 6. The van der Waals surface area contributed by atoms with Crippen LogP contribution in [0.25, 0.3) is 0 Å². The van der Waals surface area contributed by atoms with Crippen LogP contribution in [0, 0.1) is 0 Å². The molecule has 0 saturated carbocycles. The van der Waals surface area contributed by atoms with Gasteiger partial charge in [-0.05, 0) is 30.3 Å². The van der Waals surface area contributed by atoms with Gasteiger partial charge in [-0.25, -0.2) is 13.2 Å². The van der Waals surface area contributed by atoms with Gasteiger partial charge in [0.25, 0.3) is 5.91 Å². The zero-order valence-corrected chi connectivity index (χ0v) is 15.5. The number of nitrogens with one attached hydrogen (secondary N) is 1. The van der Waals surface area contributed by atoms with Crippen molar-refractivity contribution in [2.45, 2.75) is 6.10 Å². The Labute approximate surface area is 156 Å². The van der Waals surface area contributed by atoms with E-state index in [4.69, 9.17) is 4.74 Å². The zero-order chi connectivity index (χ0) is 19.6. The molecule has 1 heterocycles. The lowest BCUT2D eigenvalue weighted by Crippen LogP contribution is -2.48. The van der Waals surface area contributed by atoms with Crippen LogP contribution in [0.3, 0.4) is 0 Å². The highest BCUT2D eigenvalue weighted by Gasteiger charge is 2.34. The molecule has 0 spiro atoms. The fourth-order valence-corrected chi connectivity index (χ4v) is 3.63. The maximum atomic E-state index is 12.6. The number of rotatable bonds is 4. The molecule has 1 N–H and O–H groups in total. The van der Waals surface area contributed by atoms with Crippen LogP contribution in [0.15, 0.2) is 48.5 Å². The Morgan fingerprint density at radius 2 is 1.93 bits per heavy atom. The summed E-state index contributed by atoms with van der Waals surface area (Å²) in [5.74, 6) is -0.755. The Hall–Kier alpha value is -3.07. The third kappa shape index (κ3) is 4.03. The van der Waals surface area contributed by atoms with Crippen molar-refractivity contribution in [3.8, 4) is 5.75 Å². The number of ether oxygens (including phenoxy) is 2. The number of para-hydroxylation sites is 2. The van der Waals surface area contributed by atoms with Crippen LogP contribution in [-0.4, -0.2) is 46.3 Å². The number of sulfonamides is 1. The molecule has 0 saturated heterocycles. The lowest BCUT2D eigenvalue weighted by Gasteiger charge is -2.33. The van der Waals surface area contributed by atoms with Gasteiger partial charge >= 0.3 is 5.97 Å². The second kappa shape index (κ2) is 7.28. The average Bonchev–Trinajstić information content (AvgIpc) is 2.65. The zero-order valence-electron chi connectivity index (χ0n) is 14.7. The molecule has 3 rings (SSSR count). The molecule has 1 atom stereocenters. The SMILES string of the molecule is COC(=O)c1cccc(NC(=O)[C@@H]2CN(S(C)(=O)=O)c3ccccc3O2)c1. The van der Waals surface area contributed by atoms with E-state index in [1.54, 1.807) is 42.5 Å². The molecule has 2 aromatic carbocycles. The number of fused-ring (bicyclic) bond motifs is 1. The molecule has 1 amide bonds. The molecule has 142 valence electrons. The van der Waals surface area contributed by atoms with E-state index in [0.717, 1.165) is 10.6 Å². The minimum absolute atomic E-state index is 0.154. The minimum Gasteiger partial charge on any atom is -0.476 e. The topological polar surface area (TPSA) is 102 Å². The number of methoxy groups -OCH3 is 1. The maximum absolute atomic E-state index is 12.6. The number of anilines is 2. The normalized spacial score (nSPS) is 16.1. The van der Waals surface area contributed by atoms with Crippen LogP contribution >= 0.6 is 0 Å². The predicted molar refractivity (Wildman–Crippen MR) is 99.5 cm³/mol. The number of hydrogen-bond donors (Lipinski definition) is 1. The molecule has 1 aliphatic rings. The van der Waals surface area contributed by atoms with E-state index in [1.807, 2.05) is 0 Å². The van der Waals surface area contributed by atoms with E-state index in [2.05, 4.69) is 10.1 Å². The fourth-order valence-electron chi connectivity index (χ4n) is 2.72. The second-order valence-electron chi connectivity index (χ2n) is 5.93. The molecule has 0 radical (unpaired) electrons. The van der Waals surface area contributed by atoms with E-state index in [0.29, 0.717) is 17.1 Å². The fraction of sp³-hybridized carbons (Fsp3) is 0.222. The summed E-state index contributed by atoms with van der Waals surface area (Å²) in [5, 5.41) is 2.64. The highest BCUT2D eigenvalue weighted by molar-refractivity contribution is 7.92. The first-order valence-corrected chi connectivity index (χ1v) is 9.87. The van der Waals surface area contributed by atoms with Gasteiger partial charge in [-0.15, -0.1) is 0 Å². The third-order valence-corrected chi connectivity index (χ3v) is 5.13. The van der Waals surface area contributed by atoms with Crippen LogP contribution in [0.5, 0.6) is 5.75 Å². The van der Waals surface area contributed by atoms with Crippen molar-refractivity contribution in [2.24, 2.45) is 0 Å². The van der Waals surface area contributed by atoms with Gasteiger partial charge in [0.05, 0.1) is 31.2 Å². The summed E-state index contributed by atoms with van der Waals surface area (Å²) in [6.07, 6.45) is 0.0283. The number of carbonyl (C=O) groups excluding carboxylic acids is 2. The number of esters is 1. The summed E-state index contributed by atoms with van der Waals surface area (Å²) < 4.78 is 35.7. The number of nitrogens with zero attached hydrogens (tertiary/aromatic N) is 1. The van der Waals surface area contributed by atoms with Crippen LogP contribution in [0.1, 0.15) is 10.4 Å². The van der Waals surface area contributed by atoms with Crippen molar-refractivity contribution in [1.82, 2.24) is 0 Å². The molecule has 8 nitrogen and oxygen atoms in total. The average molecular weight is 390 g/mol. The maximum Gasteiger partial charge on any atom is 0.337 e. The van der Waals surface area contributed by atoms with E-state index >= 15 is 0 Å². The third-order valence-electron chi connectivity index (χ3n) is 3.98. The van der Waals surface area contributed by atoms with E-state index in [9.17, 15) is 18.0 Å². The Bertz CT molecular complexity index is 989. The summed E-state index contributed by atoms with van der Waals surface area (Å²) in [6.45, 7) is -0.154. The van der Waals surface area contributed by atoms with Crippen molar-refractivity contribution in [3.05, 3.63) is 54.1 Å². The molecule has 27 heavy (non-hydrogen) atoms. The molecule has 2 aromatic rings. The first kappa shape index (κ1) is 18.7.